The van der Waals surface area contributed by atoms with E-state index in [0.29, 0.717) is 11.6 Å². The summed E-state index contributed by atoms with van der Waals surface area (Å²) < 4.78 is 5.28. The van der Waals surface area contributed by atoms with E-state index >= 15 is 0 Å². The van der Waals surface area contributed by atoms with E-state index in [0.717, 1.165) is 5.56 Å². The first-order chi connectivity index (χ1) is 7.49. The van der Waals surface area contributed by atoms with Gasteiger partial charge in [-0.25, -0.2) is 0 Å². The minimum absolute atomic E-state index is 0.0476. The molecule has 1 aromatic rings. The van der Waals surface area contributed by atoms with Crippen LogP contribution in [0.3, 0.4) is 0 Å². The van der Waals surface area contributed by atoms with Gasteiger partial charge in [0.1, 0.15) is 6.10 Å². The molecular weight excluding hydrogens is 202 g/mol. The largest absolute Gasteiger partial charge is 0.462 e. The van der Waals surface area contributed by atoms with E-state index in [1.807, 2.05) is 32.9 Å². The van der Waals surface area contributed by atoms with Crippen molar-refractivity contribution in [3.8, 4) is 0 Å². The van der Waals surface area contributed by atoms with Crippen molar-refractivity contribution in [2.75, 3.05) is 5.73 Å². The lowest BCUT2D eigenvalue weighted by Crippen LogP contribution is -2.21. The standard InChI is InChI=1S/C13H19NO2/c1-9(2)10(3)16-13(15)8-11-5-4-6-12(14)7-11/h4-7,9-10H,8,14H2,1-3H3. The zero-order valence-corrected chi connectivity index (χ0v) is 10.1. The topological polar surface area (TPSA) is 52.3 Å². The molecule has 1 atom stereocenters. The average molecular weight is 221 g/mol. The first kappa shape index (κ1) is 12.6. The van der Waals surface area contributed by atoms with Crippen LogP contribution in [0.4, 0.5) is 5.69 Å². The van der Waals surface area contributed by atoms with E-state index in [4.69, 9.17) is 10.5 Å². The first-order valence-electron chi connectivity index (χ1n) is 5.53. The summed E-state index contributed by atoms with van der Waals surface area (Å²) in [6, 6.07) is 7.30. The van der Waals surface area contributed by atoms with Crippen LogP contribution >= 0.6 is 0 Å². The molecule has 88 valence electrons. The lowest BCUT2D eigenvalue weighted by atomic mass is 10.1. The van der Waals surface area contributed by atoms with Gasteiger partial charge in [0.25, 0.3) is 0 Å². The van der Waals surface area contributed by atoms with Crippen LogP contribution in [-0.4, -0.2) is 12.1 Å². The molecule has 2 N–H and O–H groups in total. The third-order valence-corrected chi connectivity index (χ3v) is 2.56. The molecule has 0 aliphatic carbocycles. The van der Waals surface area contributed by atoms with Crippen LogP contribution in [0, 0.1) is 5.92 Å². The molecule has 3 nitrogen and oxygen atoms in total. The fraction of sp³-hybridized carbons (Fsp3) is 0.462. The highest BCUT2D eigenvalue weighted by atomic mass is 16.5. The van der Waals surface area contributed by atoms with Crippen LogP contribution in [-0.2, 0) is 16.0 Å². The number of hydrogen-bond donors (Lipinski definition) is 1. The second-order valence-corrected chi connectivity index (χ2v) is 4.36. The van der Waals surface area contributed by atoms with E-state index in [1.165, 1.54) is 0 Å². The van der Waals surface area contributed by atoms with Crippen molar-refractivity contribution in [2.24, 2.45) is 5.92 Å². The summed E-state index contributed by atoms with van der Waals surface area (Å²) in [5.41, 5.74) is 7.19. The summed E-state index contributed by atoms with van der Waals surface area (Å²) in [6.45, 7) is 5.96. The number of nitrogens with two attached hydrogens (primary N) is 1. The van der Waals surface area contributed by atoms with Crippen LogP contribution in [0.1, 0.15) is 26.3 Å². The van der Waals surface area contributed by atoms with Gasteiger partial charge in [0, 0.05) is 5.69 Å². The van der Waals surface area contributed by atoms with Gasteiger partial charge >= 0.3 is 5.97 Å². The molecule has 0 saturated carbocycles. The van der Waals surface area contributed by atoms with Crippen molar-refractivity contribution in [1.82, 2.24) is 0 Å². The fourth-order valence-corrected chi connectivity index (χ4v) is 1.25. The van der Waals surface area contributed by atoms with Crippen molar-refractivity contribution in [2.45, 2.75) is 33.3 Å². The van der Waals surface area contributed by atoms with E-state index in [2.05, 4.69) is 0 Å². The van der Waals surface area contributed by atoms with E-state index in [1.54, 1.807) is 12.1 Å². The summed E-state index contributed by atoms with van der Waals surface area (Å²) in [4.78, 5) is 11.6. The molecule has 0 radical (unpaired) electrons. The number of nitrogen functional groups attached to an aromatic ring is 1. The summed E-state index contributed by atoms with van der Waals surface area (Å²) >= 11 is 0. The zero-order chi connectivity index (χ0) is 12.1. The van der Waals surface area contributed by atoms with Crippen molar-refractivity contribution in [3.63, 3.8) is 0 Å². The molecule has 16 heavy (non-hydrogen) atoms. The number of carbonyl (C=O) groups excluding carboxylic acids is 1. The minimum Gasteiger partial charge on any atom is -0.462 e. The Morgan fingerprint density at radius 2 is 2.06 bits per heavy atom. The van der Waals surface area contributed by atoms with Gasteiger partial charge in [-0.2, -0.15) is 0 Å². The average Bonchev–Trinajstić information content (AvgIpc) is 2.16. The van der Waals surface area contributed by atoms with Crippen molar-refractivity contribution in [1.29, 1.82) is 0 Å². The molecular formula is C13H19NO2. The van der Waals surface area contributed by atoms with Gasteiger partial charge in [0.15, 0.2) is 0 Å². The lowest BCUT2D eigenvalue weighted by molar-refractivity contribution is -0.149. The molecule has 3 heteroatoms. The molecule has 0 fully saturated rings. The van der Waals surface area contributed by atoms with Crippen LogP contribution in [0.25, 0.3) is 0 Å². The molecule has 0 aromatic heterocycles. The van der Waals surface area contributed by atoms with Gasteiger partial charge in [-0.15, -0.1) is 0 Å². The third kappa shape index (κ3) is 3.93. The van der Waals surface area contributed by atoms with Gasteiger partial charge in [0.2, 0.25) is 0 Å². The van der Waals surface area contributed by atoms with E-state index in [-0.39, 0.29) is 18.5 Å². The Morgan fingerprint density at radius 3 is 2.62 bits per heavy atom. The molecule has 1 rings (SSSR count). The number of rotatable bonds is 4. The second-order valence-electron chi connectivity index (χ2n) is 4.36. The van der Waals surface area contributed by atoms with Gasteiger partial charge < -0.3 is 10.5 Å². The minimum atomic E-state index is -0.202. The van der Waals surface area contributed by atoms with Crippen LogP contribution in [0.2, 0.25) is 0 Å². The second kappa shape index (κ2) is 5.54. The van der Waals surface area contributed by atoms with Gasteiger partial charge in [-0.05, 0) is 30.5 Å². The monoisotopic (exact) mass is 221 g/mol. The number of ether oxygens (including phenoxy) is 1. The fourth-order valence-electron chi connectivity index (χ4n) is 1.25. The quantitative estimate of drug-likeness (QED) is 0.627. The predicted octanol–water partition coefficient (Wildman–Crippen LogP) is 2.40. The Labute approximate surface area is 96.6 Å². The summed E-state index contributed by atoms with van der Waals surface area (Å²) in [5.74, 6) is 0.136. The number of benzene rings is 1. The maximum atomic E-state index is 11.6. The van der Waals surface area contributed by atoms with E-state index < -0.39 is 0 Å². The highest BCUT2D eigenvalue weighted by Gasteiger charge is 2.13. The Hall–Kier alpha value is -1.51. The highest BCUT2D eigenvalue weighted by Crippen LogP contribution is 2.10. The zero-order valence-electron chi connectivity index (χ0n) is 10.1. The summed E-state index contributed by atoms with van der Waals surface area (Å²) in [6.07, 6.45) is 0.232. The SMILES string of the molecule is CC(C)C(C)OC(=O)Cc1cccc(N)c1. The number of anilines is 1. The maximum absolute atomic E-state index is 11.6. The molecule has 0 aliphatic heterocycles. The summed E-state index contributed by atoms with van der Waals surface area (Å²) in [5, 5.41) is 0. The van der Waals surface area contributed by atoms with Gasteiger partial charge in [-0.1, -0.05) is 26.0 Å². The van der Waals surface area contributed by atoms with Crippen LogP contribution < -0.4 is 5.73 Å². The third-order valence-electron chi connectivity index (χ3n) is 2.56. The summed E-state index contributed by atoms with van der Waals surface area (Å²) in [7, 11) is 0. The Morgan fingerprint density at radius 1 is 1.38 bits per heavy atom. The maximum Gasteiger partial charge on any atom is 0.310 e. The molecule has 0 aliphatic rings. The van der Waals surface area contributed by atoms with Crippen molar-refractivity contribution in [3.05, 3.63) is 29.8 Å². The lowest BCUT2D eigenvalue weighted by Gasteiger charge is -2.16. The molecule has 0 heterocycles. The first-order valence-corrected chi connectivity index (χ1v) is 5.53. The highest BCUT2D eigenvalue weighted by molar-refractivity contribution is 5.73. The Balaban J connectivity index is 2.52. The molecule has 0 saturated heterocycles. The van der Waals surface area contributed by atoms with Crippen molar-refractivity contribution < 1.29 is 9.53 Å². The van der Waals surface area contributed by atoms with E-state index in [9.17, 15) is 4.79 Å². The van der Waals surface area contributed by atoms with Crippen molar-refractivity contribution >= 4 is 11.7 Å². The molecule has 0 bridgehead atoms. The number of carbonyl (C=O) groups is 1. The van der Waals surface area contributed by atoms with Crippen LogP contribution in [0.15, 0.2) is 24.3 Å². The van der Waals surface area contributed by atoms with Gasteiger partial charge in [-0.3, -0.25) is 4.79 Å². The number of hydrogen-bond acceptors (Lipinski definition) is 3. The predicted molar refractivity (Wildman–Crippen MR) is 65.0 cm³/mol. The molecule has 0 amide bonds. The smallest absolute Gasteiger partial charge is 0.310 e. The molecule has 1 unspecified atom stereocenters. The normalized spacial score (nSPS) is 12.5. The number of esters is 1. The van der Waals surface area contributed by atoms with Crippen LogP contribution in [0.5, 0.6) is 0 Å². The van der Waals surface area contributed by atoms with Gasteiger partial charge in [0.05, 0.1) is 6.42 Å². The Kier molecular flexibility index (Phi) is 4.35. The Bertz CT molecular complexity index is 361. The molecule has 1 aromatic carbocycles. The molecule has 0 spiro atoms.